The van der Waals surface area contributed by atoms with Gasteiger partial charge in [0.2, 0.25) is 5.91 Å². The van der Waals surface area contributed by atoms with Crippen LogP contribution in [0.25, 0.3) is 17.1 Å². The molecule has 3 aromatic carbocycles. The number of carbonyl (C=O) groups excluding carboxylic acids is 1. The summed E-state index contributed by atoms with van der Waals surface area (Å²) in [7, 11) is 0. The van der Waals surface area contributed by atoms with Crippen LogP contribution in [0.2, 0.25) is 5.02 Å². The van der Waals surface area contributed by atoms with E-state index in [1.54, 1.807) is 0 Å². The summed E-state index contributed by atoms with van der Waals surface area (Å²) in [5.74, 6) is 1.25. The van der Waals surface area contributed by atoms with Gasteiger partial charge in [-0.15, -0.1) is 10.2 Å². The minimum Gasteiger partial charge on any atom is -0.325 e. The highest BCUT2D eigenvalue weighted by Gasteiger charge is 2.19. The van der Waals surface area contributed by atoms with Crippen molar-refractivity contribution < 1.29 is 4.79 Å². The van der Waals surface area contributed by atoms with Crippen LogP contribution >= 0.6 is 23.4 Å². The molecule has 1 heterocycles. The van der Waals surface area contributed by atoms with E-state index in [0.29, 0.717) is 21.9 Å². The molecule has 4 aromatic rings. The Morgan fingerprint density at radius 1 is 1.00 bits per heavy atom. The smallest absolute Gasteiger partial charge is 0.234 e. The maximum atomic E-state index is 12.6. The molecule has 4 rings (SSSR count). The molecular formula is C26H25ClN4OS. The highest BCUT2D eigenvalue weighted by molar-refractivity contribution is 7.99. The number of benzene rings is 3. The quantitative estimate of drug-likeness (QED) is 0.283. The number of amides is 1. The van der Waals surface area contributed by atoms with Gasteiger partial charge in [-0.1, -0.05) is 79.7 Å². The van der Waals surface area contributed by atoms with Crippen LogP contribution in [0.5, 0.6) is 0 Å². The SMILES string of the molecule is CC[C@@H](C)c1ccc(NC(=O)CSc2nnc(-c3ccccc3Cl)n2-c2ccccc2)cc1. The van der Waals surface area contributed by atoms with Gasteiger partial charge in [-0.3, -0.25) is 9.36 Å². The van der Waals surface area contributed by atoms with E-state index >= 15 is 0 Å². The van der Waals surface area contributed by atoms with E-state index in [1.165, 1.54) is 17.3 Å². The minimum absolute atomic E-state index is 0.0989. The van der Waals surface area contributed by atoms with Crippen LogP contribution in [0.1, 0.15) is 31.7 Å². The van der Waals surface area contributed by atoms with E-state index < -0.39 is 0 Å². The third-order valence-corrected chi connectivity index (χ3v) is 6.73. The van der Waals surface area contributed by atoms with E-state index in [1.807, 2.05) is 71.3 Å². The average Bonchev–Trinajstić information content (AvgIpc) is 3.27. The van der Waals surface area contributed by atoms with Crippen molar-refractivity contribution in [1.82, 2.24) is 14.8 Å². The molecule has 0 radical (unpaired) electrons. The van der Waals surface area contributed by atoms with Gasteiger partial charge in [-0.25, -0.2) is 0 Å². The molecule has 168 valence electrons. The third kappa shape index (κ3) is 5.46. The van der Waals surface area contributed by atoms with Crippen molar-refractivity contribution in [3.05, 3.63) is 89.4 Å². The van der Waals surface area contributed by atoms with Gasteiger partial charge < -0.3 is 5.32 Å². The Bertz CT molecular complexity index is 1220. The number of aromatic nitrogens is 3. The number of nitrogens with zero attached hydrogens (tertiary/aromatic N) is 3. The lowest BCUT2D eigenvalue weighted by molar-refractivity contribution is -0.113. The number of anilines is 1. The van der Waals surface area contributed by atoms with E-state index in [9.17, 15) is 4.79 Å². The average molecular weight is 477 g/mol. The van der Waals surface area contributed by atoms with Gasteiger partial charge in [-0.05, 0) is 54.3 Å². The molecule has 5 nitrogen and oxygen atoms in total. The van der Waals surface area contributed by atoms with Gasteiger partial charge in [0, 0.05) is 16.9 Å². The number of hydrogen-bond donors (Lipinski definition) is 1. The number of nitrogens with one attached hydrogen (secondary N) is 1. The molecule has 1 N–H and O–H groups in total. The number of thioether (sulfide) groups is 1. The number of carbonyl (C=O) groups is 1. The van der Waals surface area contributed by atoms with Gasteiger partial charge in [0.25, 0.3) is 0 Å². The fraction of sp³-hybridized carbons (Fsp3) is 0.192. The van der Waals surface area contributed by atoms with Crippen molar-refractivity contribution in [2.75, 3.05) is 11.1 Å². The maximum Gasteiger partial charge on any atom is 0.234 e. The number of para-hydroxylation sites is 1. The monoisotopic (exact) mass is 476 g/mol. The Kier molecular flexibility index (Phi) is 7.47. The highest BCUT2D eigenvalue weighted by Crippen LogP contribution is 2.32. The van der Waals surface area contributed by atoms with Crippen LogP contribution < -0.4 is 5.32 Å². The summed E-state index contributed by atoms with van der Waals surface area (Å²) in [5, 5.41) is 12.9. The molecule has 0 aliphatic rings. The predicted molar refractivity (Wildman–Crippen MR) is 136 cm³/mol. The topological polar surface area (TPSA) is 59.8 Å². The van der Waals surface area contributed by atoms with Crippen LogP contribution in [0.15, 0.2) is 84.0 Å². The van der Waals surface area contributed by atoms with Crippen LogP contribution in [-0.2, 0) is 4.79 Å². The molecule has 0 bridgehead atoms. The number of halogens is 1. The van der Waals surface area contributed by atoms with Crippen LogP contribution in [0.4, 0.5) is 5.69 Å². The van der Waals surface area contributed by atoms with Crippen molar-refractivity contribution in [2.24, 2.45) is 0 Å². The molecule has 1 atom stereocenters. The van der Waals surface area contributed by atoms with E-state index in [2.05, 4.69) is 41.5 Å². The van der Waals surface area contributed by atoms with Gasteiger partial charge in [-0.2, -0.15) is 0 Å². The van der Waals surface area contributed by atoms with Gasteiger partial charge in [0.05, 0.1) is 10.8 Å². The molecule has 0 aliphatic carbocycles. The summed E-state index contributed by atoms with van der Waals surface area (Å²) in [6, 6.07) is 25.4. The molecular weight excluding hydrogens is 452 g/mol. The van der Waals surface area contributed by atoms with Crippen LogP contribution in [0.3, 0.4) is 0 Å². The third-order valence-electron chi connectivity index (χ3n) is 5.47. The van der Waals surface area contributed by atoms with Gasteiger partial charge in [0.1, 0.15) is 0 Å². The Morgan fingerprint density at radius 2 is 1.70 bits per heavy atom. The Morgan fingerprint density at radius 3 is 2.39 bits per heavy atom. The minimum atomic E-state index is -0.0989. The number of rotatable bonds is 8. The zero-order valence-corrected chi connectivity index (χ0v) is 20.1. The normalized spacial score (nSPS) is 11.8. The van der Waals surface area contributed by atoms with Crippen molar-refractivity contribution in [3.8, 4) is 17.1 Å². The molecule has 0 spiro atoms. The maximum absolute atomic E-state index is 12.6. The van der Waals surface area contributed by atoms with Crippen LogP contribution in [0, 0.1) is 0 Å². The lowest BCUT2D eigenvalue weighted by Crippen LogP contribution is -2.14. The fourth-order valence-electron chi connectivity index (χ4n) is 3.45. The highest BCUT2D eigenvalue weighted by atomic mass is 35.5. The lowest BCUT2D eigenvalue weighted by Gasteiger charge is -2.12. The molecule has 7 heteroatoms. The molecule has 33 heavy (non-hydrogen) atoms. The van der Waals surface area contributed by atoms with Crippen molar-refractivity contribution in [2.45, 2.75) is 31.3 Å². The molecule has 0 unspecified atom stereocenters. The first kappa shape index (κ1) is 23.1. The van der Waals surface area contributed by atoms with E-state index in [4.69, 9.17) is 11.6 Å². The first-order chi connectivity index (χ1) is 16.1. The zero-order chi connectivity index (χ0) is 23.2. The van der Waals surface area contributed by atoms with Gasteiger partial charge >= 0.3 is 0 Å². The second-order valence-corrected chi connectivity index (χ2v) is 9.07. The first-order valence-electron chi connectivity index (χ1n) is 10.8. The van der Waals surface area contributed by atoms with E-state index in [-0.39, 0.29) is 11.7 Å². The largest absolute Gasteiger partial charge is 0.325 e. The van der Waals surface area contributed by atoms with Crippen molar-refractivity contribution >= 4 is 35.0 Å². The second-order valence-electron chi connectivity index (χ2n) is 7.73. The summed E-state index contributed by atoms with van der Waals surface area (Å²) in [4.78, 5) is 12.6. The Labute approximate surface area is 203 Å². The molecule has 1 aromatic heterocycles. The summed E-state index contributed by atoms with van der Waals surface area (Å²) in [6.45, 7) is 4.37. The van der Waals surface area contributed by atoms with E-state index in [0.717, 1.165) is 23.4 Å². The van der Waals surface area contributed by atoms with Crippen molar-refractivity contribution in [1.29, 1.82) is 0 Å². The summed E-state index contributed by atoms with van der Waals surface area (Å²) < 4.78 is 1.93. The molecule has 0 fully saturated rings. The first-order valence-corrected chi connectivity index (χ1v) is 12.2. The molecule has 0 saturated carbocycles. The van der Waals surface area contributed by atoms with Crippen LogP contribution in [-0.4, -0.2) is 26.4 Å². The molecule has 0 saturated heterocycles. The molecule has 1 amide bonds. The van der Waals surface area contributed by atoms with Crippen molar-refractivity contribution in [3.63, 3.8) is 0 Å². The summed E-state index contributed by atoms with van der Waals surface area (Å²) in [5.41, 5.74) is 3.75. The second kappa shape index (κ2) is 10.7. The zero-order valence-electron chi connectivity index (χ0n) is 18.5. The lowest BCUT2D eigenvalue weighted by atomic mass is 9.99. The Balaban J connectivity index is 1.52. The number of hydrogen-bond acceptors (Lipinski definition) is 4. The molecule has 0 aliphatic heterocycles. The standard InChI is InChI=1S/C26H25ClN4OS/c1-3-18(2)19-13-15-20(16-14-19)28-24(32)17-33-26-30-29-25(22-11-7-8-12-23(22)27)31(26)21-9-5-4-6-10-21/h4-16,18H,3,17H2,1-2H3,(H,28,32)/t18-/m1/s1. The fourth-order valence-corrected chi connectivity index (χ4v) is 4.42. The predicted octanol–water partition coefficient (Wildman–Crippen LogP) is 6.83. The summed E-state index contributed by atoms with van der Waals surface area (Å²) in [6.07, 6.45) is 1.08. The summed E-state index contributed by atoms with van der Waals surface area (Å²) >= 11 is 7.77. The Hall–Kier alpha value is -3.09. The van der Waals surface area contributed by atoms with Gasteiger partial charge in [0.15, 0.2) is 11.0 Å².